The maximum Gasteiger partial charge on any atom is 0.253 e. The van der Waals surface area contributed by atoms with E-state index in [9.17, 15) is 4.79 Å². The van der Waals surface area contributed by atoms with Crippen LogP contribution in [-0.2, 0) is 0 Å². The third kappa shape index (κ3) is 4.06. The number of aliphatic hydroxyl groups is 1. The van der Waals surface area contributed by atoms with Crippen molar-refractivity contribution in [3.63, 3.8) is 0 Å². The van der Waals surface area contributed by atoms with E-state index in [1.807, 2.05) is 50.2 Å². The highest BCUT2D eigenvalue weighted by atomic mass is 16.3. The van der Waals surface area contributed by atoms with Gasteiger partial charge in [0.2, 0.25) is 0 Å². The van der Waals surface area contributed by atoms with Gasteiger partial charge in [0.15, 0.2) is 0 Å². The first-order valence-corrected chi connectivity index (χ1v) is 8.60. The van der Waals surface area contributed by atoms with Crippen LogP contribution < -0.4 is 5.32 Å². The number of amides is 1. The molecule has 0 aliphatic carbocycles. The van der Waals surface area contributed by atoms with Crippen LogP contribution >= 0.6 is 0 Å². The molecule has 1 atom stereocenters. The molecule has 0 fully saturated rings. The van der Waals surface area contributed by atoms with Crippen molar-refractivity contribution in [3.05, 3.63) is 58.9 Å². The SMILES string of the molecule is Cc1cc(C(=O)NC(CCCO)c2ccccc2)c(C)n1C(C)C. The van der Waals surface area contributed by atoms with Gasteiger partial charge in [-0.15, -0.1) is 0 Å². The van der Waals surface area contributed by atoms with Gasteiger partial charge in [-0.25, -0.2) is 0 Å². The number of carbonyl (C=O) groups excluding carboxylic acids is 1. The fourth-order valence-corrected chi connectivity index (χ4v) is 3.34. The quantitative estimate of drug-likeness (QED) is 0.809. The van der Waals surface area contributed by atoms with E-state index in [1.54, 1.807) is 0 Å². The number of carbonyl (C=O) groups is 1. The van der Waals surface area contributed by atoms with Gasteiger partial charge >= 0.3 is 0 Å². The Bertz CT molecular complexity index is 674. The first kappa shape index (κ1) is 18.3. The van der Waals surface area contributed by atoms with E-state index in [0.717, 1.165) is 28.9 Å². The third-order valence-electron chi connectivity index (χ3n) is 4.40. The van der Waals surface area contributed by atoms with Crippen LogP contribution in [0.3, 0.4) is 0 Å². The minimum absolute atomic E-state index is 0.0539. The van der Waals surface area contributed by atoms with E-state index in [1.165, 1.54) is 0 Å². The zero-order valence-electron chi connectivity index (χ0n) is 15.0. The van der Waals surface area contributed by atoms with Crippen LogP contribution in [0.2, 0.25) is 0 Å². The van der Waals surface area contributed by atoms with Gasteiger partial charge in [-0.2, -0.15) is 0 Å². The Hall–Kier alpha value is -2.07. The molecule has 24 heavy (non-hydrogen) atoms. The molecule has 0 aliphatic rings. The average Bonchev–Trinajstić information content (AvgIpc) is 2.86. The van der Waals surface area contributed by atoms with Gasteiger partial charge in [0, 0.05) is 24.0 Å². The lowest BCUT2D eigenvalue weighted by molar-refractivity contribution is 0.0931. The summed E-state index contributed by atoms with van der Waals surface area (Å²) in [5, 5.41) is 12.3. The molecular weight excluding hydrogens is 300 g/mol. The second-order valence-electron chi connectivity index (χ2n) is 6.55. The number of nitrogens with zero attached hydrogens (tertiary/aromatic N) is 1. The summed E-state index contributed by atoms with van der Waals surface area (Å²) in [7, 11) is 0. The lowest BCUT2D eigenvalue weighted by Crippen LogP contribution is -2.29. The number of hydrogen-bond donors (Lipinski definition) is 2. The van der Waals surface area contributed by atoms with Gasteiger partial charge in [-0.1, -0.05) is 30.3 Å². The van der Waals surface area contributed by atoms with Crippen molar-refractivity contribution in [2.75, 3.05) is 6.61 Å². The lowest BCUT2D eigenvalue weighted by atomic mass is 10.0. The summed E-state index contributed by atoms with van der Waals surface area (Å²) >= 11 is 0. The first-order valence-electron chi connectivity index (χ1n) is 8.60. The molecule has 1 amide bonds. The fraction of sp³-hybridized carbons (Fsp3) is 0.450. The Morgan fingerprint density at radius 3 is 2.42 bits per heavy atom. The monoisotopic (exact) mass is 328 g/mol. The molecule has 4 heteroatoms. The third-order valence-corrected chi connectivity index (χ3v) is 4.40. The molecule has 1 aromatic carbocycles. The molecule has 0 spiro atoms. The molecule has 2 rings (SSSR count). The smallest absolute Gasteiger partial charge is 0.253 e. The zero-order valence-corrected chi connectivity index (χ0v) is 15.0. The summed E-state index contributed by atoms with van der Waals surface area (Å²) < 4.78 is 2.18. The highest BCUT2D eigenvalue weighted by Gasteiger charge is 2.20. The molecule has 130 valence electrons. The van der Waals surface area contributed by atoms with Crippen LogP contribution in [0.4, 0.5) is 0 Å². The maximum absolute atomic E-state index is 12.8. The molecule has 1 aromatic heterocycles. The van der Waals surface area contributed by atoms with Crippen molar-refractivity contribution in [2.45, 2.75) is 52.6 Å². The van der Waals surface area contributed by atoms with Crippen LogP contribution in [0.15, 0.2) is 36.4 Å². The van der Waals surface area contributed by atoms with E-state index >= 15 is 0 Å². The van der Waals surface area contributed by atoms with Gasteiger partial charge in [-0.05, 0) is 52.2 Å². The summed E-state index contributed by atoms with van der Waals surface area (Å²) in [6.07, 6.45) is 1.38. The number of aromatic nitrogens is 1. The minimum Gasteiger partial charge on any atom is -0.396 e. The molecule has 2 N–H and O–H groups in total. The van der Waals surface area contributed by atoms with Crippen molar-refractivity contribution in [1.82, 2.24) is 9.88 Å². The highest BCUT2D eigenvalue weighted by Crippen LogP contribution is 2.23. The molecule has 0 radical (unpaired) electrons. The van der Waals surface area contributed by atoms with Crippen molar-refractivity contribution >= 4 is 5.91 Å². The Labute approximate surface area is 144 Å². The fourth-order valence-electron chi connectivity index (χ4n) is 3.34. The summed E-state index contributed by atoms with van der Waals surface area (Å²) in [6, 6.07) is 12.1. The average molecular weight is 328 g/mol. The van der Waals surface area contributed by atoms with E-state index in [-0.39, 0.29) is 18.6 Å². The molecule has 1 heterocycles. The summed E-state index contributed by atoms with van der Waals surface area (Å²) in [5.74, 6) is -0.0539. The molecule has 2 aromatic rings. The zero-order chi connectivity index (χ0) is 17.7. The normalized spacial score (nSPS) is 12.4. The molecular formula is C20H28N2O2. The maximum atomic E-state index is 12.8. The van der Waals surface area contributed by atoms with Crippen molar-refractivity contribution in [1.29, 1.82) is 0 Å². The van der Waals surface area contributed by atoms with E-state index < -0.39 is 0 Å². The minimum atomic E-state index is -0.0899. The summed E-state index contributed by atoms with van der Waals surface area (Å²) in [6.45, 7) is 8.39. The lowest BCUT2D eigenvalue weighted by Gasteiger charge is -2.19. The molecule has 0 saturated heterocycles. The molecule has 0 bridgehead atoms. The standard InChI is InChI=1S/C20H28N2O2/c1-14(2)22-15(3)13-18(16(22)4)20(24)21-19(11-8-12-23)17-9-6-5-7-10-17/h5-7,9-10,13-14,19,23H,8,11-12H2,1-4H3,(H,21,24). The van der Waals surface area contributed by atoms with Crippen LogP contribution in [0, 0.1) is 13.8 Å². The highest BCUT2D eigenvalue weighted by molar-refractivity contribution is 5.96. The Kier molecular flexibility index (Phi) is 6.21. The second kappa shape index (κ2) is 8.15. The topological polar surface area (TPSA) is 54.3 Å². The Morgan fingerprint density at radius 1 is 1.21 bits per heavy atom. The summed E-state index contributed by atoms with van der Waals surface area (Å²) in [4.78, 5) is 12.8. The van der Waals surface area contributed by atoms with Gasteiger partial charge < -0.3 is 15.0 Å². The van der Waals surface area contributed by atoms with Crippen LogP contribution in [-0.4, -0.2) is 22.2 Å². The van der Waals surface area contributed by atoms with Gasteiger partial charge in [-0.3, -0.25) is 4.79 Å². The molecule has 1 unspecified atom stereocenters. The molecule has 0 aliphatic heterocycles. The van der Waals surface area contributed by atoms with Crippen LogP contribution in [0.25, 0.3) is 0 Å². The number of rotatable bonds is 7. The van der Waals surface area contributed by atoms with Crippen LogP contribution in [0.1, 0.15) is 66.1 Å². The van der Waals surface area contributed by atoms with Crippen LogP contribution in [0.5, 0.6) is 0 Å². The number of benzene rings is 1. The predicted molar refractivity (Wildman–Crippen MR) is 97.3 cm³/mol. The summed E-state index contributed by atoms with van der Waals surface area (Å²) in [5.41, 5.74) is 3.89. The predicted octanol–water partition coefficient (Wildman–Crippen LogP) is 3.93. The van der Waals surface area contributed by atoms with E-state index in [0.29, 0.717) is 12.5 Å². The number of aliphatic hydroxyl groups excluding tert-OH is 1. The first-order chi connectivity index (χ1) is 11.5. The van der Waals surface area contributed by atoms with Gasteiger partial charge in [0.25, 0.3) is 5.91 Å². The van der Waals surface area contributed by atoms with E-state index in [4.69, 9.17) is 5.11 Å². The van der Waals surface area contributed by atoms with E-state index in [2.05, 4.69) is 23.7 Å². The van der Waals surface area contributed by atoms with Gasteiger partial charge in [0.05, 0.1) is 11.6 Å². The number of hydrogen-bond acceptors (Lipinski definition) is 2. The Morgan fingerprint density at radius 2 is 1.88 bits per heavy atom. The van der Waals surface area contributed by atoms with Crippen molar-refractivity contribution in [3.8, 4) is 0 Å². The largest absolute Gasteiger partial charge is 0.396 e. The van der Waals surface area contributed by atoms with Crippen molar-refractivity contribution in [2.24, 2.45) is 0 Å². The second-order valence-corrected chi connectivity index (χ2v) is 6.55. The van der Waals surface area contributed by atoms with Gasteiger partial charge in [0.1, 0.15) is 0 Å². The molecule has 0 saturated carbocycles. The number of nitrogens with one attached hydrogen (secondary N) is 1. The molecule has 4 nitrogen and oxygen atoms in total. The van der Waals surface area contributed by atoms with Crippen molar-refractivity contribution < 1.29 is 9.90 Å². The number of aryl methyl sites for hydroxylation is 1. The Balaban J connectivity index is 2.23.